The number of benzene rings is 2. The second kappa shape index (κ2) is 7.09. The third kappa shape index (κ3) is 3.14. The highest BCUT2D eigenvalue weighted by Gasteiger charge is 2.19. The molecule has 2 heterocycles. The Bertz CT molecular complexity index is 1250. The molecular formula is C22H18ClN3O2. The van der Waals surface area contributed by atoms with Gasteiger partial charge in [-0.25, -0.2) is 4.68 Å². The van der Waals surface area contributed by atoms with Crippen molar-refractivity contribution in [3.63, 3.8) is 0 Å². The summed E-state index contributed by atoms with van der Waals surface area (Å²) in [6, 6.07) is 18.0. The molecule has 6 heteroatoms. The van der Waals surface area contributed by atoms with Crippen molar-refractivity contribution >= 4 is 28.3 Å². The number of hydrogen-bond acceptors (Lipinski definition) is 3. The molecule has 4 aromatic rings. The lowest BCUT2D eigenvalue weighted by Crippen LogP contribution is -2.26. The van der Waals surface area contributed by atoms with Gasteiger partial charge in [0.2, 0.25) is 0 Å². The summed E-state index contributed by atoms with van der Waals surface area (Å²) in [5, 5.41) is 5.90. The molecule has 0 bridgehead atoms. The number of carbonyl (C=O) groups is 1. The highest BCUT2D eigenvalue weighted by molar-refractivity contribution is 6.30. The highest BCUT2D eigenvalue weighted by Crippen LogP contribution is 2.25. The van der Waals surface area contributed by atoms with Crippen LogP contribution in [-0.2, 0) is 13.6 Å². The van der Waals surface area contributed by atoms with Gasteiger partial charge in [0.25, 0.3) is 5.56 Å². The van der Waals surface area contributed by atoms with Gasteiger partial charge in [0.15, 0.2) is 5.78 Å². The van der Waals surface area contributed by atoms with Gasteiger partial charge in [0.1, 0.15) is 6.54 Å². The zero-order valence-electron chi connectivity index (χ0n) is 15.5. The number of halogens is 1. The molecule has 5 nitrogen and oxygen atoms in total. The van der Waals surface area contributed by atoms with Gasteiger partial charge in [-0.15, -0.1) is 0 Å². The number of aryl methyl sites for hydroxylation is 1. The van der Waals surface area contributed by atoms with Crippen LogP contribution in [0.15, 0.2) is 65.5 Å². The molecule has 0 saturated heterocycles. The zero-order chi connectivity index (χ0) is 19.8. The summed E-state index contributed by atoms with van der Waals surface area (Å²) in [5.41, 5.74) is 3.60. The van der Waals surface area contributed by atoms with Crippen molar-refractivity contribution in [3.05, 3.63) is 87.3 Å². The number of aromatic nitrogens is 3. The first kappa shape index (κ1) is 18.2. The molecule has 0 aliphatic carbocycles. The van der Waals surface area contributed by atoms with Crippen LogP contribution in [0.4, 0.5) is 0 Å². The smallest absolute Gasteiger partial charge is 0.267 e. The molecule has 0 radical (unpaired) electrons. The maximum absolute atomic E-state index is 13.1. The molecule has 0 amide bonds. The van der Waals surface area contributed by atoms with E-state index in [0.717, 1.165) is 22.2 Å². The fourth-order valence-electron chi connectivity index (χ4n) is 3.42. The van der Waals surface area contributed by atoms with Crippen LogP contribution in [0.2, 0.25) is 5.02 Å². The Morgan fingerprint density at radius 3 is 2.50 bits per heavy atom. The van der Waals surface area contributed by atoms with E-state index >= 15 is 0 Å². The lowest BCUT2D eigenvalue weighted by Gasteiger charge is -2.07. The predicted octanol–water partition coefficient (Wildman–Crippen LogP) is 4.25. The topological polar surface area (TPSA) is 56.9 Å². The fourth-order valence-corrected chi connectivity index (χ4v) is 3.55. The van der Waals surface area contributed by atoms with Crippen molar-refractivity contribution in [2.75, 3.05) is 0 Å². The Hall–Kier alpha value is -3.18. The maximum Gasteiger partial charge on any atom is 0.267 e. The van der Waals surface area contributed by atoms with Crippen molar-refractivity contribution in [2.24, 2.45) is 7.05 Å². The van der Waals surface area contributed by atoms with Crippen LogP contribution in [0.5, 0.6) is 0 Å². The Balaban J connectivity index is 1.73. The molecule has 0 aliphatic heterocycles. The standard InChI is InChI=1S/C22H18ClN3O2/c1-14-22(17-5-3-4-6-19(17)25(14)2)20(27)13-26-21(28)12-11-18(24-26)15-7-9-16(23)10-8-15/h3-12H,13H2,1-2H3. The van der Waals surface area contributed by atoms with Gasteiger partial charge in [0, 0.05) is 45.9 Å². The molecule has 0 saturated carbocycles. The molecule has 0 fully saturated rings. The van der Waals surface area contributed by atoms with E-state index < -0.39 is 0 Å². The monoisotopic (exact) mass is 391 g/mol. The summed E-state index contributed by atoms with van der Waals surface area (Å²) in [6.07, 6.45) is 0. The van der Waals surface area contributed by atoms with E-state index in [1.807, 2.05) is 54.9 Å². The van der Waals surface area contributed by atoms with Crippen LogP contribution < -0.4 is 5.56 Å². The second-order valence-electron chi connectivity index (χ2n) is 6.68. The van der Waals surface area contributed by atoms with Crippen molar-refractivity contribution in [2.45, 2.75) is 13.5 Å². The summed E-state index contributed by atoms with van der Waals surface area (Å²) in [4.78, 5) is 25.4. The van der Waals surface area contributed by atoms with Gasteiger partial charge in [0.05, 0.1) is 5.69 Å². The maximum atomic E-state index is 13.1. The third-order valence-electron chi connectivity index (χ3n) is 4.98. The van der Waals surface area contributed by atoms with Gasteiger partial charge in [-0.1, -0.05) is 41.9 Å². The summed E-state index contributed by atoms with van der Waals surface area (Å²) in [7, 11) is 1.93. The van der Waals surface area contributed by atoms with Gasteiger partial charge < -0.3 is 4.57 Å². The number of para-hydroxylation sites is 1. The van der Waals surface area contributed by atoms with E-state index in [2.05, 4.69) is 5.10 Å². The molecule has 0 spiro atoms. The zero-order valence-corrected chi connectivity index (χ0v) is 16.3. The van der Waals surface area contributed by atoms with Gasteiger partial charge in [-0.2, -0.15) is 5.10 Å². The van der Waals surface area contributed by atoms with Crippen LogP contribution >= 0.6 is 11.6 Å². The SMILES string of the molecule is Cc1c(C(=O)Cn2nc(-c3ccc(Cl)cc3)ccc2=O)c2ccccc2n1C. The minimum absolute atomic E-state index is 0.116. The van der Waals surface area contributed by atoms with E-state index in [1.165, 1.54) is 10.7 Å². The van der Waals surface area contributed by atoms with Crippen LogP contribution in [0, 0.1) is 6.92 Å². The molecule has 2 aromatic carbocycles. The van der Waals surface area contributed by atoms with Crippen LogP contribution in [-0.4, -0.2) is 20.1 Å². The highest BCUT2D eigenvalue weighted by atomic mass is 35.5. The third-order valence-corrected chi connectivity index (χ3v) is 5.23. The van der Waals surface area contributed by atoms with Gasteiger partial charge in [-0.3, -0.25) is 9.59 Å². The molecule has 0 aliphatic rings. The Kier molecular flexibility index (Phi) is 4.61. The fraction of sp³-hybridized carbons (Fsp3) is 0.136. The Labute approximate surface area is 166 Å². The average Bonchev–Trinajstić information content (AvgIpc) is 2.95. The number of hydrogen-bond donors (Lipinski definition) is 0. The molecular weight excluding hydrogens is 374 g/mol. The summed E-state index contributed by atoms with van der Waals surface area (Å²) in [5.74, 6) is -0.142. The lowest BCUT2D eigenvalue weighted by atomic mass is 10.1. The predicted molar refractivity (Wildman–Crippen MR) is 111 cm³/mol. The van der Waals surface area contributed by atoms with E-state index in [4.69, 9.17) is 11.6 Å². The van der Waals surface area contributed by atoms with Gasteiger partial charge >= 0.3 is 0 Å². The quantitative estimate of drug-likeness (QED) is 0.489. The number of carbonyl (C=O) groups excluding carboxylic acids is 1. The molecule has 140 valence electrons. The molecule has 28 heavy (non-hydrogen) atoms. The number of fused-ring (bicyclic) bond motifs is 1. The summed E-state index contributed by atoms with van der Waals surface area (Å²) in [6.45, 7) is 1.79. The van der Waals surface area contributed by atoms with E-state index in [0.29, 0.717) is 16.3 Å². The number of rotatable bonds is 4. The van der Waals surface area contributed by atoms with E-state index in [1.54, 1.807) is 18.2 Å². The second-order valence-corrected chi connectivity index (χ2v) is 7.12. The number of nitrogens with zero attached hydrogens (tertiary/aromatic N) is 3. The van der Waals surface area contributed by atoms with Crippen molar-refractivity contribution < 1.29 is 4.79 Å². The molecule has 4 rings (SSSR count). The Morgan fingerprint density at radius 1 is 1.04 bits per heavy atom. The minimum Gasteiger partial charge on any atom is -0.347 e. The molecule has 0 N–H and O–H groups in total. The van der Waals surface area contributed by atoms with Crippen molar-refractivity contribution in [1.82, 2.24) is 14.3 Å². The average molecular weight is 392 g/mol. The number of Topliss-reactive ketones (excluding diaryl/α,β-unsaturated/α-hetero) is 1. The first-order valence-corrected chi connectivity index (χ1v) is 9.25. The molecule has 2 aromatic heterocycles. The van der Waals surface area contributed by atoms with Crippen molar-refractivity contribution in [3.8, 4) is 11.3 Å². The van der Waals surface area contributed by atoms with Crippen LogP contribution in [0.25, 0.3) is 22.2 Å². The normalized spacial score (nSPS) is 11.1. The molecule has 0 atom stereocenters. The number of ketones is 1. The minimum atomic E-state index is -0.316. The Morgan fingerprint density at radius 2 is 1.75 bits per heavy atom. The van der Waals surface area contributed by atoms with E-state index in [9.17, 15) is 9.59 Å². The first-order valence-electron chi connectivity index (χ1n) is 8.87. The van der Waals surface area contributed by atoms with Gasteiger partial charge in [-0.05, 0) is 31.2 Å². The molecule has 0 unspecified atom stereocenters. The summed E-state index contributed by atoms with van der Waals surface area (Å²) < 4.78 is 3.20. The van der Waals surface area contributed by atoms with E-state index in [-0.39, 0.29) is 17.9 Å². The lowest BCUT2D eigenvalue weighted by molar-refractivity contribution is 0.0966. The first-order chi connectivity index (χ1) is 13.5. The van der Waals surface area contributed by atoms with Crippen LogP contribution in [0.1, 0.15) is 16.1 Å². The summed E-state index contributed by atoms with van der Waals surface area (Å²) >= 11 is 5.93. The van der Waals surface area contributed by atoms with Crippen molar-refractivity contribution in [1.29, 1.82) is 0 Å². The largest absolute Gasteiger partial charge is 0.347 e. The van der Waals surface area contributed by atoms with Crippen LogP contribution in [0.3, 0.4) is 0 Å².